The molecule has 0 aliphatic carbocycles. The van der Waals surface area contributed by atoms with Gasteiger partial charge in [0.2, 0.25) is 0 Å². The van der Waals surface area contributed by atoms with Crippen LogP contribution in [-0.2, 0) is 0 Å². The maximum Gasteiger partial charge on any atom is 0.129 e. The third kappa shape index (κ3) is 4.23. The fourth-order valence-electron chi connectivity index (χ4n) is 4.64. The van der Waals surface area contributed by atoms with Gasteiger partial charge in [0.15, 0.2) is 0 Å². The maximum absolute atomic E-state index is 4.94. The lowest BCUT2D eigenvalue weighted by Gasteiger charge is -2.39. The molecule has 6 heteroatoms. The van der Waals surface area contributed by atoms with Gasteiger partial charge in [0, 0.05) is 38.3 Å². The van der Waals surface area contributed by atoms with Gasteiger partial charge in [-0.2, -0.15) is 5.10 Å². The lowest BCUT2D eigenvalue weighted by molar-refractivity contribution is 0.0965. The van der Waals surface area contributed by atoms with Crippen molar-refractivity contribution in [1.82, 2.24) is 25.0 Å². The van der Waals surface area contributed by atoms with E-state index < -0.39 is 0 Å². The van der Waals surface area contributed by atoms with Crippen molar-refractivity contribution >= 4 is 5.82 Å². The van der Waals surface area contributed by atoms with Crippen LogP contribution in [-0.4, -0.2) is 76.3 Å². The van der Waals surface area contributed by atoms with E-state index in [1.807, 2.05) is 6.20 Å². The number of aryl methyl sites for hydroxylation is 1. The summed E-state index contributed by atoms with van der Waals surface area (Å²) in [4.78, 5) is 12.7. The molecule has 6 nitrogen and oxygen atoms in total. The molecule has 2 aromatic rings. The highest BCUT2D eigenvalue weighted by Gasteiger charge is 2.27. The zero-order valence-corrected chi connectivity index (χ0v) is 17.6. The number of anilines is 1. The molecular formula is C22H34N6. The van der Waals surface area contributed by atoms with Crippen molar-refractivity contribution < 1.29 is 0 Å². The van der Waals surface area contributed by atoms with Crippen LogP contribution >= 0.6 is 0 Å². The second kappa shape index (κ2) is 8.62. The molecule has 0 aromatic carbocycles. The highest BCUT2D eigenvalue weighted by atomic mass is 15.3. The Morgan fingerprint density at radius 3 is 2.57 bits per heavy atom. The molecular weight excluding hydrogens is 348 g/mol. The fraction of sp³-hybridized carbons (Fsp3) is 0.636. The highest BCUT2D eigenvalue weighted by Crippen LogP contribution is 2.24. The third-order valence-electron chi connectivity index (χ3n) is 6.42. The average molecular weight is 383 g/mol. The minimum atomic E-state index is 0.678. The second-order valence-corrected chi connectivity index (χ2v) is 8.55. The zero-order chi connectivity index (χ0) is 19.5. The van der Waals surface area contributed by atoms with Gasteiger partial charge in [0.25, 0.3) is 0 Å². The number of aromatic nitrogens is 3. The van der Waals surface area contributed by atoms with E-state index in [9.17, 15) is 0 Å². The Labute approximate surface area is 168 Å². The van der Waals surface area contributed by atoms with E-state index in [4.69, 9.17) is 4.98 Å². The lowest BCUT2D eigenvalue weighted by atomic mass is 10.0. The first-order valence-electron chi connectivity index (χ1n) is 10.8. The summed E-state index contributed by atoms with van der Waals surface area (Å²) in [5, 5.41) is 7.23. The Hall–Kier alpha value is -1.92. The number of hydrogen-bond acceptors (Lipinski definition) is 5. The molecule has 4 heterocycles. The predicted molar refractivity (Wildman–Crippen MR) is 115 cm³/mol. The van der Waals surface area contributed by atoms with Gasteiger partial charge in [0.05, 0.1) is 17.6 Å². The molecule has 28 heavy (non-hydrogen) atoms. The van der Waals surface area contributed by atoms with Crippen molar-refractivity contribution in [1.29, 1.82) is 0 Å². The number of pyridine rings is 1. The number of nitrogens with one attached hydrogen (secondary N) is 1. The molecule has 4 rings (SSSR count). The Kier molecular flexibility index (Phi) is 5.97. The normalized spacial score (nSPS) is 20.6. The van der Waals surface area contributed by atoms with E-state index in [0.29, 0.717) is 6.04 Å². The number of rotatable bonds is 4. The Balaban J connectivity index is 1.39. The Morgan fingerprint density at radius 1 is 1.04 bits per heavy atom. The summed E-state index contributed by atoms with van der Waals surface area (Å²) in [6.07, 6.45) is 5.69. The van der Waals surface area contributed by atoms with Crippen molar-refractivity contribution in [2.45, 2.75) is 52.1 Å². The number of H-pyrrole nitrogens is 1. The zero-order valence-electron chi connectivity index (χ0n) is 17.6. The van der Waals surface area contributed by atoms with E-state index in [2.05, 4.69) is 63.9 Å². The molecule has 0 unspecified atom stereocenters. The van der Waals surface area contributed by atoms with Crippen LogP contribution in [0.25, 0.3) is 11.4 Å². The number of nitrogens with zero attached hydrogens (tertiary/aromatic N) is 5. The summed E-state index contributed by atoms with van der Waals surface area (Å²) < 4.78 is 0. The molecule has 2 fully saturated rings. The van der Waals surface area contributed by atoms with Gasteiger partial charge in [-0.15, -0.1) is 0 Å². The van der Waals surface area contributed by atoms with Crippen LogP contribution < -0.4 is 4.90 Å². The van der Waals surface area contributed by atoms with Crippen molar-refractivity contribution in [2.24, 2.45) is 0 Å². The molecule has 2 aromatic heterocycles. The minimum absolute atomic E-state index is 0.678. The number of hydrogen-bond donors (Lipinski definition) is 1. The molecule has 0 radical (unpaired) electrons. The topological polar surface area (TPSA) is 51.3 Å². The first-order valence-corrected chi connectivity index (χ1v) is 10.8. The van der Waals surface area contributed by atoms with Crippen LogP contribution in [0.3, 0.4) is 0 Å². The van der Waals surface area contributed by atoms with Crippen molar-refractivity contribution in [2.75, 3.05) is 44.2 Å². The summed E-state index contributed by atoms with van der Waals surface area (Å²) >= 11 is 0. The molecule has 0 bridgehead atoms. The fourth-order valence-corrected chi connectivity index (χ4v) is 4.64. The smallest absolute Gasteiger partial charge is 0.129 e. The molecule has 2 aliphatic heterocycles. The van der Waals surface area contributed by atoms with E-state index in [-0.39, 0.29) is 0 Å². The summed E-state index contributed by atoms with van der Waals surface area (Å²) in [7, 11) is 0. The Morgan fingerprint density at radius 2 is 1.86 bits per heavy atom. The third-order valence-corrected chi connectivity index (χ3v) is 6.42. The first-order chi connectivity index (χ1) is 13.6. The number of likely N-dealkylation sites (tertiary alicyclic amines) is 1. The molecule has 0 amide bonds. The van der Waals surface area contributed by atoms with Gasteiger partial charge in [0.1, 0.15) is 5.82 Å². The van der Waals surface area contributed by atoms with Gasteiger partial charge in [-0.1, -0.05) is 6.07 Å². The van der Waals surface area contributed by atoms with E-state index >= 15 is 0 Å². The van der Waals surface area contributed by atoms with E-state index in [1.165, 1.54) is 38.9 Å². The van der Waals surface area contributed by atoms with Gasteiger partial charge in [-0.25, -0.2) is 4.98 Å². The van der Waals surface area contributed by atoms with E-state index in [0.717, 1.165) is 48.4 Å². The van der Waals surface area contributed by atoms with E-state index in [1.54, 1.807) is 0 Å². The summed E-state index contributed by atoms with van der Waals surface area (Å²) in [5.41, 5.74) is 3.14. The molecule has 0 saturated carbocycles. The lowest BCUT2D eigenvalue weighted by Crippen LogP contribution is -2.47. The quantitative estimate of drug-likeness (QED) is 0.880. The largest absolute Gasteiger partial charge is 0.355 e. The predicted octanol–water partition coefficient (Wildman–Crippen LogP) is 3.17. The van der Waals surface area contributed by atoms with Crippen LogP contribution in [0.15, 0.2) is 24.4 Å². The average Bonchev–Trinajstić information content (AvgIpc) is 2.99. The van der Waals surface area contributed by atoms with Gasteiger partial charge in [-0.05, 0) is 70.8 Å². The molecule has 1 N–H and O–H groups in total. The molecule has 152 valence electrons. The molecule has 2 saturated heterocycles. The minimum Gasteiger partial charge on any atom is -0.355 e. The van der Waals surface area contributed by atoms with Gasteiger partial charge < -0.3 is 9.80 Å². The van der Waals surface area contributed by atoms with Crippen molar-refractivity contribution in [3.05, 3.63) is 30.0 Å². The summed E-state index contributed by atoms with van der Waals surface area (Å²) in [5.74, 6) is 1.09. The van der Waals surface area contributed by atoms with Crippen LogP contribution in [0.2, 0.25) is 0 Å². The van der Waals surface area contributed by atoms with Crippen molar-refractivity contribution in [3.63, 3.8) is 0 Å². The monoisotopic (exact) mass is 382 g/mol. The first kappa shape index (κ1) is 19.4. The summed E-state index contributed by atoms with van der Waals surface area (Å²) in [6.45, 7) is 13.7. The highest BCUT2D eigenvalue weighted by molar-refractivity contribution is 5.60. The van der Waals surface area contributed by atoms with Crippen LogP contribution in [0.4, 0.5) is 5.82 Å². The maximum atomic E-state index is 4.94. The molecule has 0 atom stereocenters. The second-order valence-electron chi connectivity index (χ2n) is 8.55. The SMILES string of the molecule is Cc1cn[nH]c1-c1cccc(N2CCCN(C3CCN(C(C)C)CC3)CC2)n1. The molecule has 0 spiro atoms. The van der Waals surface area contributed by atoms with Gasteiger partial charge >= 0.3 is 0 Å². The number of aromatic amines is 1. The standard InChI is InChI=1S/C22H34N6/c1-17(2)26-12-8-19(9-13-26)27-10-5-11-28(15-14-27)21-7-4-6-20(24-21)22-18(3)16-23-25-22/h4,6-7,16-17,19H,5,8-15H2,1-3H3,(H,23,25). The number of piperidine rings is 1. The van der Waals surface area contributed by atoms with Crippen LogP contribution in [0, 0.1) is 6.92 Å². The molecule has 2 aliphatic rings. The summed E-state index contributed by atoms with van der Waals surface area (Å²) in [6, 6.07) is 7.75. The Bertz CT molecular complexity index is 762. The van der Waals surface area contributed by atoms with Gasteiger partial charge in [-0.3, -0.25) is 10.00 Å². The van der Waals surface area contributed by atoms with Crippen molar-refractivity contribution in [3.8, 4) is 11.4 Å². The van der Waals surface area contributed by atoms with Crippen LogP contribution in [0.5, 0.6) is 0 Å². The van der Waals surface area contributed by atoms with Crippen LogP contribution in [0.1, 0.15) is 38.7 Å².